The van der Waals surface area contributed by atoms with E-state index in [9.17, 15) is 4.79 Å². The molecule has 1 aromatic heterocycles. The van der Waals surface area contributed by atoms with Crippen LogP contribution in [0.1, 0.15) is 34.5 Å². The van der Waals surface area contributed by atoms with E-state index in [0.29, 0.717) is 0 Å². The number of aryl methyl sites for hydroxylation is 1. The number of fused-ring (bicyclic) bond motifs is 4. The fourth-order valence-electron chi connectivity index (χ4n) is 3.65. The highest BCUT2D eigenvalue weighted by atomic mass is 16.2. The second-order valence-corrected chi connectivity index (χ2v) is 5.35. The average Bonchev–Trinajstić information content (AvgIpc) is 3.00. The standard InChI is InChI=1S/C15H15N3O/c1-17-14(19)11-5-2-3-6-12(11)15(17)7-4-8-18-10-16-9-13(15)18/h2-3,5-6,9-10H,4,7-8H2,1H3. The number of carbonyl (C=O) groups is 1. The van der Waals surface area contributed by atoms with Gasteiger partial charge in [0.25, 0.3) is 5.91 Å². The van der Waals surface area contributed by atoms with E-state index in [4.69, 9.17) is 0 Å². The molecule has 19 heavy (non-hydrogen) atoms. The summed E-state index contributed by atoms with van der Waals surface area (Å²) >= 11 is 0. The largest absolute Gasteiger partial charge is 0.332 e. The topological polar surface area (TPSA) is 38.1 Å². The zero-order valence-electron chi connectivity index (χ0n) is 10.8. The third-order valence-corrected chi connectivity index (χ3v) is 4.55. The summed E-state index contributed by atoms with van der Waals surface area (Å²) in [7, 11) is 1.91. The zero-order valence-corrected chi connectivity index (χ0v) is 10.8. The summed E-state index contributed by atoms with van der Waals surface area (Å²) in [5.41, 5.74) is 2.78. The molecule has 2 aliphatic heterocycles. The van der Waals surface area contributed by atoms with Crippen molar-refractivity contribution in [3.8, 4) is 0 Å². The molecule has 0 fully saturated rings. The average molecular weight is 253 g/mol. The molecular formula is C15H15N3O. The van der Waals surface area contributed by atoms with Gasteiger partial charge in [-0.3, -0.25) is 4.79 Å². The number of rotatable bonds is 0. The van der Waals surface area contributed by atoms with Gasteiger partial charge in [-0.15, -0.1) is 0 Å². The Balaban J connectivity index is 2.05. The Morgan fingerprint density at radius 3 is 3.05 bits per heavy atom. The number of nitrogens with zero attached hydrogens (tertiary/aromatic N) is 3. The molecule has 4 nitrogen and oxygen atoms in total. The summed E-state index contributed by atoms with van der Waals surface area (Å²) in [6.45, 7) is 0.987. The van der Waals surface area contributed by atoms with Crippen LogP contribution in [0.4, 0.5) is 0 Å². The number of hydrogen-bond donors (Lipinski definition) is 0. The number of amides is 1. The number of benzene rings is 1. The van der Waals surface area contributed by atoms with Crippen LogP contribution in [-0.4, -0.2) is 27.4 Å². The second-order valence-electron chi connectivity index (χ2n) is 5.35. The van der Waals surface area contributed by atoms with Gasteiger partial charge >= 0.3 is 0 Å². The van der Waals surface area contributed by atoms with Gasteiger partial charge in [-0.1, -0.05) is 18.2 Å². The van der Waals surface area contributed by atoms with E-state index in [-0.39, 0.29) is 11.4 Å². The Labute approximate surface area is 111 Å². The molecule has 1 amide bonds. The smallest absolute Gasteiger partial charge is 0.255 e. The first-order chi connectivity index (χ1) is 9.25. The van der Waals surface area contributed by atoms with Gasteiger partial charge in [0.2, 0.25) is 0 Å². The maximum atomic E-state index is 12.5. The van der Waals surface area contributed by atoms with Crippen molar-refractivity contribution in [3.05, 3.63) is 53.6 Å². The lowest BCUT2D eigenvalue weighted by molar-refractivity contribution is 0.0643. The molecule has 0 saturated carbocycles. The van der Waals surface area contributed by atoms with Gasteiger partial charge in [0.15, 0.2) is 0 Å². The molecule has 96 valence electrons. The lowest BCUT2D eigenvalue weighted by Crippen LogP contribution is -2.45. The summed E-state index contributed by atoms with van der Waals surface area (Å²) in [5, 5.41) is 0. The van der Waals surface area contributed by atoms with Crippen LogP contribution in [0.5, 0.6) is 0 Å². The molecule has 4 heteroatoms. The maximum absolute atomic E-state index is 12.5. The lowest BCUT2D eigenvalue weighted by Gasteiger charge is -2.40. The van der Waals surface area contributed by atoms with Crippen molar-refractivity contribution in [2.75, 3.05) is 7.05 Å². The van der Waals surface area contributed by atoms with Crippen LogP contribution in [-0.2, 0) is 12.1 Å². The predicted octanol–water partition coefficient (Wildman–Crippen LogP) is 2.01. The maximum Gasteiger partial charge on any atom is 0.255 e. The zero-order chi connectivity index (χ0) is 13.0. The van der Waals surface area contributed by atoms with Crippen molar-refractivity contribution in [1.29, 1.82) is 0 Å². The van der Waals surface area contributed by atoms with Crippen LogP contribution in [0, 0.1) is 0 Å². The third kappa shape index (κ3) is 1.14. The Bertz CT molecular complexity index is 676. The lowest BCUT2D eigenvalue weighted by atomic mass is 9.80. The summed E-state index contributed by atoms with van der Waals surface area (Å²) in [4.78, 5) is 18.7. The molecular weight excluding hydrogens is 238 g/mol. The van der Waals surface area contributed by atoms with E-state index in [1.807, 2.05) is 42.7 Å². The van der Waals surface area contributed by atoms with Crippen LogP contribution in [0.3, 0.4) is 0 Å². The first-order valence-electron chi connectivity index (χ1n) is 6.63. The molecule has 0 bridgehead atoms. The Morgan fingerprint density at radius 1 is 1.32 bits per heavy atom. The highest BCUT2D eigenvalue weighted by Crippen LogP contribution is 2.48. The van der Waals surface area contributed by atoms with Gasteiger partial charge in [-0.25, -0.2) is 4.98 Å². The number of carbonyl (C=O) groups excluding carboxylic acids is 1. The molecule has 0 radical (unpaired) electrons. The first-order valence-corrected chi connectivity index (χ1v) is 6.63. The van der Waals surface area contributed by atoms with Gasteiger partial charge in [0.1, 0.15) is 5.54 Å². The van der Waals surface area contributed by atoms with Gasteiger partial charge in [-0.2, -0.15) is 0 Å². The normalized spacial score (nSPS) is 24.7. The van der Waals surface area contributed by atoms with Crippen molar-refractivity contribution in [1.82, 2.24) is 14.5 Å². The molecule has 1 atom stereocenters. The van der Waals surface area contributed by atoms with Gasteiger partial charge in [-0.05, 0) is 24.5 Å². The van der Waals surface area contributed by atoms with Crippen LogP contribution < -0.4 is 0 Å². The molecule has 2 aromatic rings. The highest BCUT2D eigenvalue weighted by molar-refractivity contribution is 6.00. The van der Waals surface area contributed by atoms with Crippen molar-refractivity contribution in [3.63, 3.8) is 0 Å². The molecule has 3 heterocycles. The minimum Gasteiger partial charge on any atom is -0.332 e. The number of hydrogen-bond acceptors (Lipinski definition) is 2. The summed E-state index contributed by atoms with van der Waals surface area (Å²) in [6.07, 6.45) is 5.81. The molecule has 2 aliphatic rings. The van der Waals surface area contributed by atoms with E-state index < -0.39 is 0 Å². The monoisotopic (exact) mass is 253 g/mol. The van der Waals surface area contributed by atoms with Crippen LogP contribution in [0.15, 0.2) is 36.8 Å². The van der Waals surface area contributed by atoms with Crippen molar-refractivity contribution < 1.29 is 4.79 Å². The van der Waals surface area contributed by atoms with E-state index in [1.165, 1.54) is 0 Å². The summed E-state index contributed by atoms with van der Waals surface area (Å²) in [6, 6.07) is 7.96. The Kier molecular flexibility index (Phi) is 1.97. The quantitative estimate of drug-likeness (QED) is 0.720. The summed E-state index contributed by atoms with van der Waals surface area (Å²) in [5.74, 6) is 0.116. The highest BCUT2D eigenvalue weighted by Gasteiger charge is 2.51. The van der Waals surface area contributed by atoms with Crippen LogP contribution in [0.2, 0.25) is 0 Å². The van der Waals surface area contributed by atoms with Crippen LogP contribution >= 0.6 is 0 Å². The van der Waals surface area contributed by atoms with Crippen molar-refractivity contribution >= 4 is 5.91 Å². The molecule has 0 N–H and O–H groups in total. The predicted molar refractivity (Wildman–Crippen MR) is 70.8 cm³/mol. The molecule has 0 saturated heterocycles. The third-order valence-electron chi connectivity index (χ3n) is 4.55. The van der Waals surface area contributed by atoms with Crippen molar-refractivity contribution in [2.24, 2.45) is 0 Å². The SMILES string of the molecule is CN1C(=O)c2ccccc2C12CCCn1cncc12. The van der Waals surface area contributed by atoms with E-state index in [0.717, 1.165) is 36.2 Å². The van der Waals surface area contributed by atoms with E-state index in [1.54, 1.807) is 0 Å². The number of imidazole rings is 1. The second kappa shape index (κ2) is 3.47. The molecule has 1 unspecified atom stereocenters. The van der Waals surface area contributed by atoms with Gasteiger partial charge in [0.05, 0.1) is 18.2 Å². The molecule has 1 aromatic carbocycles. The molecule has 1 spiro atoms. The fraction of sp³-hybridized carbons (Fsp3) is 0.333. The molecule has 0 aliphatic carbocycles. The van der Waals surface area contributed by atoms with Gasteiger partial charge < -0.3 is 9.47 Å². The van der Waals surface area contributed by atoms with Crippen molar-refractivity contribution in [2.45, 2.75) is 24.9 Å². The molecule has 4 rings (SSSR count). The Morgan fingerprint density at radius 2 is 2.16 bits per heavy atom. The van der Waals surface area contributed by atoms with E-state index in [2.05, 4.69) is 15.6 Å². The fourth-order valence-corrected chi connectivity index (χ4v) is 3.65. The van der Waals surface area contributed by atoms with Gasteiger partial charge in [0, 0.05) is 19.2 Å². The number of aromatic nitrogens is 2. The summed E-state index contributed by atoms with van der Waals surface area (Å²) < 4.78 is 2.18. The minimum absolute atomic E-state index is 0.116. The van der Waals surface area contributed by atoms with E-state index >= 15 is 0 Å². The minimum atomic E-state index is -0.317. The van der Waals surface area contributed by atoms with Crippen LogP contribution in [0.25, 0.3) is 0 Å². The Hall–Kier alpha value is -2.10. The first kappa shape index (κ1) is 10.8.